The second-order valence-corrected chi connectivity index (χ2v) is 23.9. The maximum absolute atomic E-state index is 14.8. The van der Waals surface area contributed by atoms with Crippen molar-refractivity contribution in [1.82, 2.24) is 9.29 Å². The summed E-state index contributed by atoms with van der Waals surface area (Å²) in [4.78, 5) is 38.3. The monoisotopic (exact) mass is 778 g/mol. The molecule has 0 aromatic heterocycles. The molecule has 4 atom stereocenters. The van der Waals surface area contributed by atoms with Crippen LogP contribution in [0, 0.1) is 0 Å². The molecule has 0 saturated carbocycles. The molecule has 278 valence electrons. The van der Waals surface area contributed by atoms with Crippen molar-refractivity contribution >= 4 is 68.3 Å². The van der Waals surface area contributed by atoms with Gasteiger partial charge in [-0.1, -0.05) is 93.2 Å². The molecule has 0 fully saturated rings. The van der Waals surface area contributed by atoms with Crippen LogP contribution in [0.3, 0.4) is 0 Å². The summed E-state index contributed by atoms with van der Waals surface area (Å²) in [6.07, 6.45) is -1.43. The normalized spacial score (nSPS) is 20.0. The first-order valence-electron chi connectivity index (χ1n) is 16.6. The van der Waals surface area contributed by atoms with Gasteiger partial charge in [0.05, 0.1) is 11.3 Å². The maximum Gasteiger partial charge on any atom is 0.410 e. The third kappa shape index (κ3) is 8.45. The molecular formula is C35H46N2O10S3Si. The van der Waals surface area contributed by atoms with E-state index in [-0.39, 0.29) is 28.0 Å². The smallest absolute Gasteiger partial charge is 0.410 e. The van der Waals surface area contributed by atoms with Gasteiger partial charge in [-0.3, -0.25) is 9.69 Å². The fourth-order valence-corrected chi connectivity index (χ4v) is 18.7. The topological polar surface area (TPSA) is 162 Å². The van der Waals surface area contributed by atoms with Crippen LogP contribution in [0.5, 0.6) is 0 Å². The number of rotatable bonds is 12. The van der Waals surface area contributed by atoms with Gasteiger partial charge in [0.25, 0.3) is 0 Å². The zero-order valence-electron chi connectivity index (χ0n) is 30.0. The van der Waals surface area contributed by atoms with Gasteiger partial charge in [0.2, 0.25) is 18.3 Å². The standard InChI is InChI=1S/C35H46N2O10S3Si/c1-9-37(34(40)46-23(2)22-45-32(39)25(4)47-26(5)38)30-21-31(48-33-29(30)20-24(3)49(33,41)42)50(43,44)36-51(35(6,7)8,27-16-12-10-13-17-27)28-18-14-11-15-19-28/h10-19,21,23-25,30,36H,9,20,22H2,1-8H3/t23?,24-,25-,30-/m0/s1. The van der Waals surface area contributed by atoms with E-state index < -0.39 is 74.7 Å². The van der Waals surface area contributed by atoms with Crippen LogP contribution in [0.1, 0.15) is 61.8 Å². The Bertz CT molecular complexity index is 1870. The van der Waals surface area contributed by atoms with Gasteiger partial charge in [-0.15, -0.1) is 0 Å². The summed E-state index contributed by atoms with van der Waals surface area (Å²) in [5, 5.41) is 0.214. The molecule has 0 bridgehead atoms. The molecule has 1 unspecified atom stereocenters. The Morgan fingerprint density at radius 1 is 1.00 bits per heavy atom. The average molecular weight is 779 g/mol. The lowest BCUT2D eigenvalue weighted by molar-refractivity contribution is -0.167. The fraction of sp³-hybridized carbons (Fsp3) is 0.457. The Labute approximate surface area is 306 Å². The minimum absolute atomic E-state index is 0.0430. The highest BCUT2D eigenvalue weighted by atomic mass is 32.3. The highest BCUT2D eigenvalue weighted by Gasteiger charge is 2.53. The number of sulfonamides is 1. The zero-order valence-corrected chi connectivity index (χ0v) is 33.5. The number of carbonyl (C=O) groups is 3. The number of hydrogen-bond donors (Lipinski definition) is 1. The van der Waals surface area contributed by atoms with Crippen molar-refractivity contribution in [3.63, 3.8) is 0 Å². The number of nitrogens with zero attached hydrogens (tertiary/aromatic N) is 1. The molecule has 16 heteroatoms. The van der Waals surface area contributed by atoms with E-state index in [1.165, 1.54) is 24.8 Å². The Morgan fingerprint density at radius 2 is 1.55 bits per heavy atom. The predicted molar refractivity (Wildman–Crippen MR) is 200 cm³/mol. The number of nitrogens with one attached hydrogen (secondary N) is 1. The Hall–Kier alpha value is -3.44. The summed E-state index contributed by atoms with van der Waals surface area (Å²) in [6.45, 7) is 12.9. The number of ether oxygens (including phenoxy) is 3. The molecule has 51 heavy (non-hydrogen) atoms. The molecule has 2 aromatic carbocycles. The molecule has 12 nitrogen and oxygen atoms in total. The van der Waals surface area contributed by atoms with Gasteiger partial charge in [0.1, 0.15) is 21.2 Å². The van der Waals surface area contributed by atoms with Crippen LogP contribution in [-0.4, -0.2) is 84.7 Å². The van der Waals surface area contributed by atoms with Gasteiger partial charge in [-0.25, -0.2) is 30.8 Å². The van der Waals surface area contributed by atoms with Crippen molar-refractivity contribution in [1.29, 1.82) is 0 Å². The first-order valence-corrected chi connectivity index (χ1v) is 22.4. The van der Waals surface area contributed by atoms with Crippen molar-refractivity contribution in [2.24, 2.45) is 0 Å². The van der Waals surface area contributed by atoms with E-state index in [0.29, 0.717) is 17.3 Å². The molecule has 1 amide bonds. The number of sulfone groups is 1. The lowest BCUT2D eigenvalue weighted by atomic mass is 10.0. The van der Waals surface area contributed by atoms with Crippen LogP contribution in [0.25, 0.3) is 0 Å². The molecule has 1 N–H and O–H groups in total. The predicted octanol–water partition coefficient (Wildman–Crippen LogP) is 4.18. The summed E-state index contributed by atoms with van der Waals surface area (Å²) in [5.41, 5.74) is 0.407. The van der Waals surface area contributed by atoms with E-state index in [0.717, 1.165) is 17.3 Å². The van der Waals surface area contributed by atoms with Gasteiger partial charge in [-0.2, -0.15) is 0 Å². The highest BCUT2D eigenvalue weighted by Crippen LogP contribution is 2.49. The van der Waals surface area contributed by atoms with Gasteiger partial charge < -0.3 is 14.2 Å². The molecule has 2 heterocycles. The minimum atomic E-state index is -4.42. The van der Waals surface area contributed by atoms with Crippen molar-refractivity contribution in [2.75, 3.05) is 13.2 Å². The van der Waals surface area contributed by atoms with Crippen molar-refractivity contribution in [3.8, 4) is 0 Å². The second-order valence-electron chi connectivity index (χ2n) is 13.6. The van der Waals surface area contributed by atoms with Crippen LogP contribution >= 0.6 is 11.8 Å². The van der Waals surface area contributed by atoms with Gasteiger partial charge in [-0.05, 0) is 61.2 Å². The number of thioether (sulfide) groups is 1. The van der Waals surface area contributed by atoms with Crippen molar-refractivity contribution in [3.05, 3.63) is 80.8 Å². The third-order valence-electron chi connectivity index (χ3n) is 8.84. The van der Waals surface area contributed by atoms with Crippen LogP contribution in [-0.2, 0) is 43.7 Å². The first-order chi connectivity index (χ1) is 23.8. The van der Waals surface area contributed by atoms with E-state index >= 15 is 0 Å². The number of carbonyl (C=O) groups excluding carboxylic acids is 3. The van der Waals surface area contributed by atoms with Crippen LogP contribution in [0.2, 0.25) is 5.04 Å². The first kappa shape index (κ1) is 40.3. The fourth-order valence-electron chi connectivity index (χ4n) is 6.27. The number of benzene rings is 2. The minimum Gasteiger partial charge on any atom is -0.459 e. The quantitative estimate of drug-likeness (QED) is 0.187. The van der Waals surface area contributed by atoms with E-state index in [9.17, 15) is 31.2 Å². The molecule has 0 saturated heterocycles. The molecule has 4 rings (SSSR count). The number of esters is 2. The van der Waals surface area contributed by atoms with Crippen LogP contribution < -0.4 is 14.8 Å². The molecule has 2 aliphatic rings. The molecule has 2 aliphatic heterocycles. The van der Waals surface area contributed by atoms with E-state index in [1.54, 1.807) is 13.8 Å². The average Bonchev–Trinajstić information content (AvgIpc) is 3.30. The summed E-state index contributed by atoms with van der Waals surface area (Å²) in [6, 6.07) is 17.8. The van der Waals surface area contributed by atoms with Crippen molar-refractivity contribution < 1.29 is 45.4 Å². The van der Waals surface area contributed by atoms with Crippen molar-refractivity contribution in [2.45, 2.75) is 90.3 Å². The molecule has 0 spiro atoms. The van der Waals surface area contributed by atoms with E-state index in [4.69, 9.17) is 14.2 Å². The number of likely N-dealkylation sites (N-methyl/N-ethyl adjacent to an activating group) is 1. The molecule has 0 radical (unpaired) electrons. The summed E-state index contributed by atoms with van der Waals surface area (Å²) in [5.74, 6) is -1.48. The summed E-state index contributed by atoms with van der Waals surface area (Å²) in [7, 11) is -11.7. The molecular weight excluding hydrogens is 733 g/mol. The number of amides is 1. The lowest BCUT2D eigenvalue weighted by Gasteiger charge is -2.44. The van der Waals surface area contributed by atoms with Crippen LogP contribution in [0.4, 0.5) is 4.79 Å². The maximum atomic E-state index is 14.8. The third-order valence-corrected chi connectivity index (χ3v) is 21.1. The molecule has 2 aromatic rings. The van der Waals surface area contributed by atoms with Gasteiger partial charge in [0.15, 0.2) is 15.9 Å². The SMILES string of the molecule is CCN(C(=O)OC(C)COC(=O)[C@H](C)OC(C)=O)[C@H]1C=C(S(=O)(=O)N[Si](c2ccccc2)(c2ccccc2)C(C)(C)C)SC2=C1C[C@H](C)S2(=O)=O. The van der Waals surface area contributed by atoms with Crippen LogP contribution in [0.15, 0.2) is 80.8 Å². The number of hydrogen-bond acceptors (Lipinski definition) is 11. The van der Waals surface area contributed by atoms with E-state index in [2.05, 4.69) is 4.39 Å². The zero-order chi connectivity index (χ0) is 37.9. The molecule has 0 aliphatic carbocycles. The van der Waals surface area contributed by atoms with Gasteiger partial charge in [0, 0.05) is 13.5 Å². The summed E-state index contributed by atoms with van der Waals surface area (Å²) < 4.78 is 75.2. The summed E-state index contributed by atoms with van der Waals surface area (Å²) >= 11 is 0.689. The van der Waals surface area contributed by atoms with E-state index in [1.807, 2.05) is 81.4 Å². The van der Waals surface area contributed by atoms with Gasteiger partial charge >= 0.3 is 18.0 Å². The largest absolute Gasteiger partial charge is 0.459 e. The second kappa shape index (κ2) is 15.7. The highest BCUT2D eigenvalue weighted by molar-refractivity contribution is 8.28. The Balaban J connectivity index is 1.73. The Morgan fingerprint density at radius 3 is 2.04 bits per heavy atom. The lowest BCUT2D eigenvalue weighted by Crippen LogP contribution is -2.74. The Kier molecular flexibility index (Phi) is 12.4.